The summed E-state index contributed by atoms with van der Waals surface area (Å²) in [6, 6.07) is 5.88. The van der Waals surface area contributed by atoms with E-state index in [1.54, 1.807) is 0 Å². The highest BCUT2D eigenvalue weighted by Crippen LogP contribution is 2.36. The van der Waals surface area contributed by atoms with Gasteiger partial charge in [0.25, 0.3) is 0 Å². The van der Waals surface area contributed by atoms with Gasteiger partial charge in [-0.15, -0.1) is 0 Å². The largest absolute Gasteiger partial charge is 0.493 e. The van der Waals surface area contributed by atoms with Gasteiger partial charge in [0.1, 0.15) is 17.4 Å². The molecule has 0 heterocycles. The second-order valence-corrected chi connectivity index (χ2v) is 7.14. The summed E-state index contributed by atoms with van der Waals surface area (Å²) in [5.74, 6) is -2.55. The summed E-state index contributed by atoms with van der Waals surface area (Å²) in [6.45, 7) is 2.25. The number of halogens is 8. The first-order chi connectivity index (χ1) is 15.9. The molecule has 0 N–H and O–H groups in total. The molecule has 0 bridgehead atoms. The van der Waals surface area contributed by atoms with Crippen LogP contribution in [0, 0.1) is 29.3 Å². The summed E-state index contributed by atoms with van der Waals surface area (Å²) < 4.78 is 119. The molecule has 0 aromatic heterocycles. The Morgan fingerprint density at radius 2 is 1.62 bits per heavy atom. The maximum Gasteiger partial charge on any atom is 0.458 e. The fourth-order valence-electron chi connectivity index (χ4n) is 2.94. The van der Waals surface area contributed by atoms with Crippen molar-refractivity contribution >= 4 is 10.8 Å². The summed E-state index contributed by atoms with van der Waals surface area (Å²) >= 11 is 0. The molecule has 3 aromatic carbocycles. The minimum Gasteiger partial charge on any atom is -0.493 e. The van der Waals surface area contributed by atoms with Gasteiger partial charge < -0.3 is 9.47 Å². The average Bonchev–Trinajstić information content (AvgIpc) is 2.74. The lowest BCUT2D eigenvalue weighted by Crippen LogP contribution is -2.22. The molecule has 0 aliphatic carbocycles. The highest BCUT2D eigenvalue weighted by molar-refractivity contribution is 5.85. The molecule has 180 valence electrons. The molecule has 0 radical (unpaired) electrons. The van der Waals surface area contributed by atoms with Crippen LogP contribution in [0.15, 0.2) is 42.5 Å². The Labute approximate surface area is 189 Å². The first-order valence-corrected chi connectivity index (χ1v) is 9.92. The third-order valence-electron chi connectivity index (χ3n) is 4.60. The minimum absolute atomic E-state index is 0.127. The van der Waals surface area contributed by atoms with Crippen molar-refractivity contribution in [3.8, 4) is 23.3 Å². The molecular formula is C24H16F8O2. The van der Waals surface area contributed by atoms with Crippen molar-refractivity contribution in [3.05, 3.63) is 71.0 Å². The second kappa shape index (κ2) is 9.79. The Kier molecular flexibility index (Phi) is 7.24. The number of ether oxygens (including phenoxy) is 2. The van der Waals surface area contributed by atoms with Gasteiger partial charge >= 0.3 is 12.3 Å². The van der Waals surface area contributed by atoms with E-state index in [-0.39, 0.29) is 11.1 Å². The van der Waals surface area contributed by atoms with Crippen molar-refractivity contribution in [2.75, 3.05) is 6.61 Å². The third kappa shape index (κ3) is 5.90. The van der Waals surface area contributed by atoms with Crippen LogP contribution in [0.4, 0.5) is 35.1 Å². The monoisotopic (exact) mass is 488 g/mol. The summed E-state index contributed by atoms with van der Waals surface area (Å²) in [7, 11) is 0. The number of hydrogen-bond donors (Lipinski definition) is 0. The zero-order chi connectivity index (χ0) is 25.1. The van der Waals surface area contributed by atoms with E-state index < -0.39 is 52.0 Å². The number of hydrogen-bond acceptors (Lipinski definition) is 2. The lowest BCUT2D eigenvalue weighted by Gasteiger charge is -2.19. The highest BCUT2D eigenvalue weighted by Gasteiger charge is 2.36. The summed E-state index contributed by atoms with van der Waals surface area (Å²) in [6.07, 6.45) is -7.53. The van der Waals surface area contributed by atoms with E-state index in [1.807, 2.05) is 6.92 Å². The Bertz CT molecular complexity index is 1260. The number of unbranched alkanes of at least 4 members (excludes halogenated alkanes) is 1. The predicted octanol–water partition coefficient (Wildman–Crippen LogP) is 7.48. The minimum atomic E-state index is -4.98. The van der Waals surface area contributed by atoms with Crippen LogP contribution < -0.4 is 9.47 Å². The van der Waals surface area contributed by atoms with Gasteiger partial charge in [0, 0.05) is 17.4 Å². The van der Waals surface area contributed by atoms with Crippen molar-refractivity contribution in [1.29, 1.82) is 0 Å². The van der Waals surface area contributed by atoms with Gasteiger partial charge in [-0.3, -0.25) is 0 Å². The van der Waals surface area contributed by atoms with Gasteiger partial charge in [-0.25, -0.2) is 13.2 Å². The lowest BCUT2D eigenvalue weighted by molar-refractivity contribution is -0.186. The first-order valence-electron chi connectivity index (χ1n) is 9.92. The molecule has 3 rings (SSSR count). The molecular weight excluding hydrogens is 472 g/mol. The predicted molar refractivity (Wildman–Crippen MR) is 108 cm³/mol. The fraction of sp³-hybridized carbons (Fsp3) is 0.250. The van der Waals surface area contributed by atoms with E-state index in [2.05, 4.69) is 4.74 Å². The zero-order valence-electron chi connectivity index (χ0n) is 17.5. The topological polar surface area (TPSA) is 18.5 Å². The number of rotatable bonds is 7. The van der Waals surface area contributed by atoms with Gasteiger partial charge in [-0.1, -0.05) is 25.3 Å². The van der Waals surface area contributed by atoms with Gasteiger partial charge in [-0.2, -0.15) is 22.0 Å². The number of fused-ring (bicyclic) bond motifs is 1. The van der Waals surface area contributed by atoms with E-state index in [0.29, 0.717) is 18.7 Å². The molecule has 2 nitrogen and oxygen atoms in total. The van der Waals surface area contributed by atoms with Crippen molar-refractivity contribution in [2.45, 2.75) is 32.1 Å². The normalized spacial score (nSPS) is 11.8. The van der Waals surface area contributed by atoms with Crippen LogP contribution in [0.2, 0.25) is 0 Å². The summed E-state index contributed by atoms with van der Waals surface area (Å²) in [4.78, 5) is 0. The molecule has 0 saturated carbocycles. The van der Waals surface area contributed by atoms with Crippen LogP contribution in [0.1, 0.15) is 30.9 Å². The zero-order valence-corrected chi connectivity index (χ0v) is 17.5. The SMILES string of the molecule is CCCCOc1ccc(OC(F)(F)c2ccc3c(F)c(C#CC(F)(F)F)c(F)cc3c2)c(F)c1. The van der Waals surface area contributed by atoms with Gasteiger partial charge in [0.2, 0.25) is 0 Å². The Hall–Kier alpha value is -3.48. The Balaban J connectivity index is 1.90. The van der Waals surface area contributed by atoms with Gasteiger partial charge in [0.05, 0.1) is 17.7 Å². The molecule has 0 atom stereocenters. The number of benzene rings is 3. The molecule has 0 aliphatic rings. The van der Waals surface area contributed by atoms with Gasteiger partial charge in [0.15, 0.2) is 11.6 Å². The van der Waals surface area contributed by atoms with Crippen molar-refractivity contribution in [2.24, 2.45) is 0 Å². The molecule has 0 amide bonds. The molecule has 34 heavy (non-hydrogen) atoms. The molecule has 0 unspecified atom stereocenters. The van der Waals surface area contributed by atoms with E-state index in [4.69, 9.17) is 4.74 Å². The van der Waals surface area contributed by atoms with E-state index in [9.17, 15) is 35.1 Å². The summed E-state index contributed by atoms with van der Waals surface area (Å²) in [5.41, 5.74) is -2.01. The van der Waals surface area contributed by atoms with Crippen LogP contribution in [0.3, 0.4) is 0 Å². The Morgan fingerprint density at radius 3 is 2.26 bits per heavy atom. The van der Waals surface area contributed by atoms with Crippen LogP contribution in [0.5, 0.6) is 11.5 Å². The van der Waals surface area contributed by atoms with E-state index >= 15 is 0 Å². The Morgan fingerprint density at radius 1 is 0.882 bits per heavy atom. The lowest BCUT2D eigenvalue weighted by atomic mass is 10.0. The van der Waals surface area contributed by atoms with Gasteiger partial charge in [-0.05, 0) is 42.1 Å². The molecule has 3 aromatic rings. The maximum absolute atomic E-state index is 14.7. The summed E-state index contributed by atoms with van der Waals surface area (Å²) in [5, 5.41) is -0.819. The number of alkyl halides is 5. The third-order valence-corrected chi connectivity index (χ3v) is 4.60. The molecule has 10 heteroatoms. The van der Waals surface area contributed by atoms with Crippen LogP contribution in [-0.4, -0.2) is 12.8 Å². The quantitative estimate of drug-likeness (QED) is 0.195. The highest BCUT2D eigenvalue weighted by atomic mass is 19.4. The molecule has 0 spiro atoms. The molecule has 0 fully saturated rings. The molecule has 0 saturated heterocycles. The van der Waals surface area contributed by atoms with E-state index in [1.165, 1.54) is 12.0 Å². The fourth-order valence-corrected chi connectivity index (χ4v) is 2.94. The second-order valence-electron chi connectivity index (χ2n) is 7.14. The first kappa shape index (κ1) is 25.1. The standard InChI is InChI=1S/C24H16F8O2/c1-2-3-10-33-16-5-7-21(20(26)13-16)34-24(31,32)15-4-6-17-14(11-15)12-19(25)18(22(17)27)8-9-23(28,29)30/h4-7,11-13H,2-3,10H2,1H3. The van der Waals surface area contributed by atoms with Crippen LogP contribution in [0.25, 0.3) is 10.8 Å². The van der Waals surface area contributed by atoms with Crippen molar-refractivity contribution in [3.63, 3.8) is 0 Å². The van der Waals surface area contributed by atoms with Crippen molar-refractivity contribution < 1.29 is 44.6 Å². The van der Waals surface area contributed by atoms with Crippen LogP contribution in [-0.2, 0) is 6.11 Å². The average molecular weight is 488 g/mol. The molecule has 0 aliphatic heterocycles. The van der Waals surface area contributed by atoms with Crippen molar-refractivity contribution in [1.82, 2.24) is 0 Å². The maximum atomic E-state index is 14.7. The van der Waals surface area contributed by atoms with E-state index in [0.717, 1.165) is 43.0 Å². The van der Waals surface area contributed by atoms with Crippen LogP contribution >= 0.6 is 0 Å². The smallest absolute Gasteiger partial charge is 0.458 e.